The van der Waals surface area contributed by atoms with E-state index in [0.717, 1.165) is 16.2 Å². The first-order valence-electron chi connectivity index (χ1n) is 6.97. The number of hydrogen-bond donors (Lipinski definition) is 1. The number of carbonyl (C=O) groups is 1. The minimum absolute atomic E-state index is 0.224. The van der Waals surface area contributed by atoms with E-state index in [9.17, 15) is 4.79 Å². The van der Waals surface area contributed by atoms with Crippen molar-refractivity contribution in [3.8, 4) is 11.3 Å². The number of benzene rings is 1. The monoisotopic (exact) mass is 324 g/mol. The van der Waals surface area contributed by atoms with Crippen molar-refractivity contribution < 1.29 is 9.21 Å². The lowest BCUT2D eigenvalue weighted by Gasteiger charge is -1.99. The Morgan fingerprint density at radius 2 is 2.09 bits per heavy atom. The van der Waals surface area contributed by atoms with Crippen LogP contribution in [0.5, 0.6) is 0 Å². The summed E-state index contributed by atoms with van der Waals surface area (Å²) in [7, 11) is 0. The molecule has 0 fully saturated rings. The Kier molecular flexibility index (Phi) is 3.20. The van der Waals surface area contributed by atoms with E-state index in [4.69, 9.17) is 4.42 Å². The smallest absolute Gasteiger partial charge is 0.293 e. The van der Waals surface area contributed by atoms with Crippen LogP contribution in [-0.4, -0.2) is 20.5 Å². The number of aromatic nitrogens is 3. The molecule has 1 N–H and O–H groups in total. The average Bonchev–Trinajstić information content (AvgIpc) is 3.24. The van der Waals surface area contributed by atoms with E-state index in [-0.39, 0.29) is 17.6 Å². The van der Waals surface area contributed by atoms with E-state index in [2.05, 4.69) is 27.5 Å². The van der Waals surface area contributed by atoms with Crippen LogP contribution in [0.25, 0.3) is 16.2 Å². The number of thiazole rings is 1. The molecule has 3 aromatic heterocycles. The highest BCUT2D eigenvalue weighted by molar-refractivity contribution is 7.15. The fourth-order valence-electron chi connectivity index (χ4n) is 2.23. The van der Waals surface area contributed by atoms with Crippen LogP contribution in [0.3, 0.4) is 0 Å². The van der Waals surface area contributed by atoms with E-state index in [1.807, 2.05) is 24.4 Å². The molecule has 1 amide bonds. The molecule has 0 radical (unpaired) electrons. The summed E-state index contributed by atoms with van der Waals surface area (Å²) in [5.41, 5.74) is 3.19. The van der Waals surface area contributed by atoms with Gasteiger partial charge in [0.25, 0.3) is 11.9 Å². The van der Waals surface area contributed by atoms with Crippen molar-refractivity contribution in [3.63, 3.8) is 0 Å². The van der Waals surface area contributed by atoms with E-state index >= 15 is 0 Å². The zero-order valence-electron chi connectivity index (χ0n) is 12.2. The molecule has 23 heavy (non-hydrogen) atoms. The van der Waals surface area contributed by atoms with E-state index in [1.54, 1.807) is 16.6 Å². The number of furan rings is 1. The predicted molar refractivity (Wildman–Crippen MR) is 87.7 cm³/mol. The minimum atomic E-state index is -0.370. The van der Waals surface area contributed by atoms with Crippen molar-refractivity contribution in [1.82, 2.24) is 14.6 Å². The van der Waals surface area contributed by atoms with Crippen molar-refractivity contribution >= 4 is 28.2 Å². The lowest BCUT2D eigenvalue weighted by Crippen LogP contribution is -2.12. The molecule has 0 saturated heterocycles. The number of anilines is 1. The summed E-state index contributed by atoms with van der Waals surface area (Å²) in [6.07, 6.45) is 1.45. The van der Waals surface area contributed by atoms with E-state index in [1.165, 1.54) is 23.2 Å². The number of carbonyl (C=O) groups excluding carboxylic acids is 1. The highest BCUT2D eigenvalue weighted by Crippen LogP contribution is 2.26. The van der Waals surface area contributed by atoms with Gasteiger partial charge in [-0.25, -0.2) is 4.52 Å². The molecular weight excluding hydrogens is 312 g/mol. The third-order valence-corrected chi connectivity index (χ3v) is 4.22. The summed E-state index contributed by atoms with van der Waals surface area (Å²) in [6, 6.07) is 11.4. The van der Waals surface area contributed by atoms with Gasteiger partial charge in [0.05, 0.1) is 12.0 Å². The molecule has 6 nitrogen and oxygen atoms in total. The Balaban J connectivity index is 1.66. The molecule has 3 heterocycles. The summed E-state index contributed by atoms with van der Waals surface area (Å²) >= 11 is 1.47. The molecule has 0 aliphatic heterocycles. The molecule has 7 heteroatoms. The molecule has 1 aromatic carbocycles. The molecule has 0 aliphatic rings. The normalized spacial score (nSPS) is 11.0. The van der Waals surface area contributed by atoms with Crippen molar-refractivity contribution in [1.29, 1.82) is 0 Å². The van der Waals surface area contributed by atoms with E-state index < -0.39 is 0 Å². The second-order valence-electron chi connectivity index (χ2n) is 5.05. The third kappa shape index (κ3) is 2.51. The quantitative estimate of drug-likeness (QED) is 0.625. The first-order chi connectivity index (χ1) is 11.2. The number of hydrogen-bond acceptors (Lipinski definition) is 5. The van der Waals surface area contributed by atoms with Gasteiger partial charge in [0.15, 0.2) is 5.76 Å². The Morgan fingerprint density at radius 1 is 1.26 bits per heavy atom. The molecular formula is C16H12N4O2S. The molecule has 0 unspecified atom stereocenters. The Labute approximate surface area is 135 Å². The van der Waals surface area contributed by atoms with Crippen LogP contribution in [0.2, 0.25) is 0 Å². The van der Waals surface area contributed by atoms with E-state index in [0.29, 0.717) is 0 Å². The first-order valence-corrected chi connectivity index (χ1v) is 7.85. The number of aryl methyl sites for hydroxylation is 1. The van der Waals surface area contributed by atoms with Gasteiger partial charge in [0.2, 0.25) is 4.96 Å². The molecule has 0 atom stereocenters. The van der Waals surface area contributed by atoms with Crippen LogP contribution in [-0.2, 0) is 0 Å². The maximum Gasteiger partial charge on any atom is 0.293 e. The van der Waals surface area contributed by atoms with Gasteiger partial charge in [-0.05, 0) is 19.1 Å². The summed E-state index contributed by atoms with van der Waals surface area (Å²) in [5, 5.41) is 9.00. The standard InChI is InChI=1S/C16H12N4O2S/c1-10-4-6-11(7-5-10)12-9-23-16-18-15(19-20(12)16)17-14(21)13-3-2-8-22-13/h2-9H,1H3,(H,17,19,21). The molecule has 0 aliphatic carbocycles. The van der Waals surface area contributed by atoms with Crippen LogP contribution in [0, 0.1) is 6.92 Å². The molecule has 0 saturated carbocycles. The topological polar surface area (TPSA) is 72.4 Å². The number of amides is 1. The van der Waals surface area contributed by atoms with Crippen LogP contribution >= 0.6 is 11.3 Å². The van der Waals surface area contributed by atoms with Gasteiger partial charge in [-0.15, -0.1) is 16.4 Å². The number of nitrogens with zero attached hydrogens (tertiary/aromatic N) is 3. The van der Waals surface area contributed by atoms with Crippen LogP contribution in [0.1, 0.15) is 16.1 Å². The maximum atomic E-state index is 12.0. The van der Waals surface area contributed by atoms with Gasteiger partial charge in [0, 0.05) is 10.9 Å². The fraction of sp³-hybridized carbons (Fsp3) is 0.0625. The van der Waals surface area contributed by atoms with Crippen molar-refractivity contribution in [2.75, 3.05) is 5.32 Å². The van der Waals surface area contributed by atoms with Crippen LogP contribution < -0.4 is 5.32 Å². The minimum Gasteiger partial charge on any atom is -0.459 e. The third-order valence-electron chi connectivity index (χ3n) is 3.40. The molecule has 114 valence electrons. The van der Waals surface area contributed by atoms with Crippen molar-refractivity contribution in [3.05, 3.63) is 59.4 Å². The number of nitrogens with one attached hydrogen (secondary N) is 1. The van der Waals surface area contributed by atoms with Gasteiger partial charge in [-0.2, -0.15) is 4.98 Å². The van der Waals surface area contributed by atoms with Crippen LogP contribution in [0.15, 0.2) is 52.5 Å². The molecule has 0 spiro atoms. The number of fused-ring (bicyclic) bond motifs is 1. The Morgan fingerprint density at radius 3 is 2.83 bits per heavy atom. The molecule has 0 bridgehead atoms. The lowest BCUT2D eigenvalue weighted by molar-refractivity contribution is 0.0996. The van der Waals surface area contributed by atoms with Crippen molar-refractivity contribution in [2.24, 2.45) is 0 Å². The van der Waals surface area contributed by atoms with Crippen LogP contribution in [0.4, 0.5) is 5.95 Å². The van der Waals surface area contributed by atoms with Gasteiger partial charge in [-0.3, -0.25) is 10.1 Å². The Bertz CT molecular complexity index is 968. The SMILES string of the molecule is Cc1ccc(-c2csc3nc(NC(=O)c4ccco4)nn23)cc1. The largest absolute Gasteiger partial charge is 0.459 e. The Hall–Kier alpha value is -2.93. The summed E-state index contributed by atoms with van der Waals surface area (Å²) in [4.78, 5) is 17.0. The molecule has 4 rings (SSSR count). The average molecular weight is 324 g/mol. The highest BCUT2D eigenvalue weighted by atomic mass is 32.1. The lowest BCUT2D eigenvalue weighted by atomic mass is 10.1. The summed E-state index contributed by atoms with van der Waals surface area (Å²) < 4.78 is 6.78. The second-order valence-corrected chi connectivity index (χ2v) is 5.88. The van der Waals surface area contributed by atoms with Gasteiger partial charge >= 0.3 is 0 Å². The van der Waals surface area contributed by atoms with Gasteiger partial charge < -0.3 is 4.42 Å². The highest BCUT2D eigenvalue weighted by Gasteiger charge is 2.15. The summed E-state index contributed by atoms with van der Waals surface area (Å²) in [5.74, 6) is 0.110. The summed E-state index contributed by atoms with van der Waals surface area (Å²) in [6.45, 7) is 2.05. The molecule has 4 aromatic rings. The predicted octanol–water partition coefficient (Wildman–Crippen LogP) is 3.61. The zero-order valence-corrected chi connectivity index (χ0v) is 13.0. The fourth-order valence-corrected chi connectivity index (χ4v) is 3.06. The zero-order chi connectivity index (χ0) is 15.8. The van der Waals surface area contributed by atoms with Gasteiger partial charge in [-0.1, -0.05) is 29.8 Å². The maximum absolute atomic E-state index is 12.0. The van der Waals surface area contributed by atoms with Gasteiger partial charge in [0.1, 0.15) is 0 Å². The first kappa shape index (κ1) is 13.7. The van der Waals surface area contributed by atoms with Crippen molar-refractivity contribution in [2.45, 2.75) is 6.92 Å². The number of rotatable bonds is 3. The second kappa shape index (κ2) is 5.36.